The van der Waals surface area contributed by atoms with Gasteiger partial charge in [-0.1, -0.05) is 0 Å². The second kappa shape index (κ2) is 4.69. The average Bonchev–Trinajstić information content (AvgIpc) is 2.89. The number of nitrogen functional groups attached to an aromatic ring is 2. The van der Waals surface area contributed by atoms with Crippen LogP contribution in [0.1, 0.15) is 21.5 Å². The van der Waals surface area contributed by atoms with Crippen molar-refractivity contribution in [1.29, 1.82) is 5.26 Å². The standard InChI is InChI=1S/C16H12N4O/c17-7-9-1-4-15-12(5-9)13(8-20-15)16(21)11-3-2-10(18)6-14(11)19/h1-6,8,20H,18-19H2. The second-order valence-corrected chi connectivity index (χ2v) is 4.75. The fourth-order valence-electron chi connectivity index (χ4n) is 2.31. The number of H-pyrrole nitrogens is 1. The summed E-state index contributed by atoms with van der Waals surface area (Å²) in [6, 6.07) is 12.0. The van der Waals surface area contributed by atoms with Crippen LogP contribution in [0.25, 0.3) is 10.9 Å². The van der Waals surface area contributed by atoms with E-state index in [1.165, 1.54) is 0 Å². The fraction of sp³-hybridized carbons (Fsp3) is 0. The summed E-state index contributed by atoms with van der Waals surface area (Å²) in [6.07, 6.45) is 1.63. The largest absolute Gasteiger partial charge is 0.399 e. The quantitative estimate of drug-likeness (QED) is 0.493. The van der Waals surface area contributed by atoms with Crippen molar-refractivity contribution in [3.8, 4) is 6.07 Å². The molecule has 0 saturated carbocycles. The van der Waals surface area contributed by atoms with E-state index in [4.69, 9.17) is 16.7 Å². The van der Waals surface area contributed by atoms with Gasteiger partial charge in [-0.25, -0.2) is 0 Å². The molecule has 5 nitrogen and oxygen atoms in total. The number of fused-ring (bicyclic) bond motifs is 1. The van der Waals surface area contributed by atoms with Crippen LogP contribution in [0.5, 0.6) is 0 Å². The van der Waals surface area contributed by atoms with Crippen molar-refractivity contribution >= 4 is 28.1 Å². The average molecular weight is 276 g/mol. The summed E-state index contributed by atoms with van der Waals surface area (Å²) in [6.45, 7) is 0. The van der Waals surface area contributed by atoms with Gasteiger partial charge in [-0.05, 0) is 36.4 Å². The van der Waals surface area contributed by atoms with Crippen molar-refractivity contribution in [3.63, 3.8) is 0 Å². The number of aromatic nitrogens is 1. The van der Waals surface area contributed by atoms with Crippen LogP contribution in [-0.4, -0.2) is 10.8 Å². The Morgan fingerprint density at radius 2 is 1.90 bits per heavy atom. The van der Waals surface area contributed by atoms with Crippen molar-refractivity contribution in [2.24, 2.45) is 0 Å². The second-order valence-electron chi connectivity index (χ2n) is 4.75. The third-order valence-electron chi connectivity index (χ3n) is 3.38. The van der Waals surface area contributed by atoms with Gasteiger partial charge in [0.2, 0.25) is 0 Å². The van der Waals surface area contributed by atoms with Crippen LogP contribution >= 0.6 is 0 Å². The number of carbonyl (C=O) groups is 1. The summed E-state index contributed by atoms with van der Waals surface area (Å²) in [5.74, 6) is -0.200. The molecule has 3 rings (SSSR count). The van der Waals surface area contributed by atoms with Gasteiger partial charge in [-0.3, -0.25) is 4.79 Å². The molecular formula is C16H12N4O. The van der Waals surface area contributed by atoms with E-state index in [1.807, 2.05) is 0 Å². The number of aromatic amines is 1. The van der Waals surface area contributed by atoms with Crippen LogP contribution < -0.4 is 11.5 Å². The van der Waals surface area contributed by atoms with Gasteiger partial charge in [-0.2, -0.15) is 5.26 Å². The molecular weight excluding hydrogens is 264 g/mol. The number of ketones is 1. The minimum atomic E-state index is -0.200. The van der Waals surface area contributed by atoms with Crippen molar-refractivity contribution in [2.45, 2.75) is 0 Å². The molecule has 1 heterocycles. The molecule has 21 heavy (non-hydrogen) atoms. The molecule has 0 saturated heterocycles. The van der Waals surface area contributed by atoms with Gasteiger partial charge in [0.1, 0.15) is 0 Å². The van der Waals surface area contributed by atoms with Gasteiger partial charge in [0.15, 0.2) is 5.78 Å². The van der Waals surface area contributed by atoms with Gasteiger partial charge in [0, 0.05) is 39.6 Å². The van der Waals surface area contributed by atoms with Gasteiger partial charge >= 0.3 is 0 Å². The maximum Gasteiger partial charge on any atom is 0.197 e. The van der Waals surface area contributed by atoms with E-state index in [1.54, 1.807) is 42.6 Å². The maximum absolute atomic E-state index is 12.6. The van der Waals surface area contributed by atoms with E-state index in [0.717, 1.165) is 5.52 Å². The molecule has 1 aromatic heterocycles. The summed E-state index contributed by atoms with van der Waals surface area (Å²) in [7, 11) is 0. The molecule has 0 radical (unpaired) electrons. The van der Waals surface area contributed by atoms with Crippen molar-refractivity contribution in [2.75, 3.05) is 11.5 Å². The maximum atomic E-state index is 12.6. The highest BCUT2D eigenvalue weighted by Gasteiger charge is 2.17. The third-order valence-corrected chi connectivity index (χ3v) is 3.38. The monoisotopic (exact) mass is 276 g/mol. The van der Waals surface area contributed by atoms with E-state index < -0.39 is 0 Å². The number of hydrogen-bond acceptors (Lipinski definition) is 4. The minimum absolute atomic E-state index is 0.200. The number of benzene rings is 2. The molecule has 0 aliphatic carbocycles. The first kappa shape index (κ1) is 12.8. The Bertz CT molecular complexity index is 902. The number of rotatable bonds is 2. The first-order valence-electron chi connectivity index (χ1n) is 6.31. The van der Waals surface area contributed by atoms with E-state index in [2.05, 4.69) is 11.1 Å². The van der Waals surface area contributed by atoms with Crippen molar-refractivity contribution in [3.05, 3.63) is 59.3 Å². The number of nitrogens with one attached hydrogen (secondary N) is 1. The molecule has 3 aromatic rings. The zero-order chi connectivity index (χ0) is 15.0. The Labute approximate surface area is 120 Å². The molecule has 0 bridgehead atoms. The Morgan fingerprint density at radius 3 is 2.62 bits per heavy atom. The van der Waals surface area contributed by atoms with E-state index in [0.29, 0.717) is 33.5 Å². The molecule has 102 valence electrons. The predicted molar refractivity (Wildman–Crippen MR) is 81.7 cm³/mol. The first-order valence-corrected chi connectivity index (χ1v) is 6.31. The highest BCUT2D eigenvalue weighted by molar-refractivity contribution is 6.18. The minimum Gasteiger partial charge on any atom is -0.399 e. The van der Waals surface area contributed by atoms with Crippen LogP contribution in [-0.2, 0) is 0 Å². The SMILES string of the molecule is N#Cc1ccc2[nH]cc(C(=O)c3ccc(N)cc3N)c2c1. The number of nitriles is 1. The van der Waals surface area contributed by atoms with E-state index in [-0.39, 0.29) is 5.78 Å². The van der Waals surface area contributed by atoms with E-state index in [9.17, 15) is 4.79 Å². The Morgan fingerprint density at radius 1 is 1.10 bits per heavy atom. The van der Waals surface area contributed by atoms with Gasteiger partial charge in [0.05, 0.1) is 11.6 Å². The summed E-state index contributed by atoms with van der Waals surface area (Å²) < 4.78 is 0. The molecule has 2 aromatic carbocycles. The fourth-order valence-corrected chi connectivity index (χ4v) is 2.31. The summed E-state index contributed by atoms with van der Waals surface area (Å²) in [5, 5.41) is 9.68. The lowest BCUT2D eigenvalue weighted by atomic mass is 10.00. The normalized spacial score (nSPS) is 10.4. The summed E-state index contributed by atoms with van der Waals surface area (Å²) in [5.41, 5.74) is 14.5. The summed E-state index contributed by atoms with van der Waals surface area (Å²) >= 11 is 0. The van der Waals surface area contributed by atoms with Crippen molar-refractivity contribution in [1.82, 2.24) is 4.98 Å². The number of carbonyl (C=O) groups excluding carboxylic acids is 1. The lowest BCUT2D eigenvalue weighted by molar-refractivity contribution is 0.104. The topological polar surface area (TPSA) is 109 Å². The number of hydrogen-bond donors (Lipinski definition) is 3. The molecule has 0 atom stereocenters. The lowest BCUT2D eigenvalue weighted by Crippen LogP contribution is -2.05. The molecule has 0 aliphatic rings. The number of nitrogens with two attached hydrogens (primary N) is 2. The highest BCUT2D eigenvalue weighted by Crippen LogP contribution is 2.25. The molecule has 0 amide bonds. The zero-order valence-corrected chi connectivity index (χ0v) is 11.1. The Balaban J connectivity index is 2.16. The van der Waals surface area contributed by atoms with Crippen molar-refractivity contribution < 1.29 is 4.79 Å². The summed E-state index contributed by atoms with van der Waals surface area (Å²) in [4.78, 5) is 15.7. The van der Waals surface area contributed by atoms with Crippen LogP contribution in [0.3, 0.4) is 0 Å². The molecule has 5 heteroatoms. The third kappa shape index (κ3) is 2.09. The molecule has 0 spiro atoms. The van der Waals surface area contributed by atoms with E-state index >= 15 is 0 Å². The van der Waals surface area contributed by atoms with Crippen LogP contribution in [0.2, 0.25) is 0 Å². The number of anilines is 2. The zero-order valence-electron chi connectivity index (χ0n) is 11.1. The molecule has 0 aliphatic heterocycles. The van der Waals surface area contributed by atoms with Gasteiger partial charge in [-0.15, -0.1) is 0 Å². The highest BCUT2D eigenvalue weighted by atomic mass is 16.1. The van der Waals surface area contributed by atoms with Crippen LogP contribution in [0.15, 0.2) is 42.6 Å². The smallest absolute Gasteiger partial charge is 0.197 e. The van der Waals surface area contributed by atoms with Crippen LogP contribution in [0.4, 0.5) is 11.4 Å². The number of nitrogens with zero attached hydrogens (tertiary/aromatic N) is 1. The Hall–Kier alpha value is -3.26. The van der Waals surface area contributed by atoms with Crippen LogP contribution in [0, 0.1) is 11.3 Å². The molecule has 0 fully saturated rings. The molecule has 5 N–H and O–H groups in total. The first-order chi connectivity index (χ1) is 10.1. The Kier molecular flexibility index (Phi) is 2.85. The molecule has 0 unspecified atom stereocenters. The van der Waals surface area contributed by atoms with Gasteiger partial charge < -0.3 is 16.5 Å². The predicted octanol–water partition coefficient (Wildman–Crippen LogP) is 2.43. The lowest BCUT2D eigenvalue weighted by Gasteiger charge is -2.05. The van der Waals surface area contributed by atoms with Gasteiger partial charge in [0.25, 0.3) is 0 Å².